The van der Waals surface area contributed by atoms with E-state index in [-0.39, 0.29) is 0 Å². The number of hydrogen-bond acceptors (Lipinski definition) is 2. The summed E-state index contributed by atoms with van der Waals surface area (Å²) >= 11 is 2.10. The van der Waals surface area contributed by atoms with Gasteiger partial charge in [-0.05, 0) is 79.2 Å². The Balaban J connectivity index is 1.53. The largest absolute Gasteiger partial charge is 0.370 e. The highest BCUT2D eigenvalue weighted by Crippen LogP contribution is 2.60. The second-order valence-corrected chi connectivity index (χ2v) is 7.75. The van der Waals surface area contributed by atoms with E-state index in [2.05, 4.69) is 54.1 Å². The lowest BCUT2D eigenvalue weighted by atomic mass is 9.96. The quantitative estimate of drug-likeness (QED) is 0.663. The Morgan fingerprint density at radius 2 is 2.10 bits per heavy atom. The summed E-state index contributed by atoms with van der Waals surface area (Å²) in [7, 11) is 0. The van der Waals surface area contributed by atoms with Crippen LogP contribution in [0, 0.1) is 25.2 Å². The first-order chi connectivity index (χ1) is 10.1. The Labute approximate surface area is 131 Å². The van der Waals surface area contributed by atoms with Crippen LogP contribution in [0.2, 0.25) is 0 Å². The zero-order valence-electron chi connectivity index (χ0n) is 13.0. The molecule has 4 heteroatoms. The fourth-order valence-corrected chi connectivity index (χ4v) is 4.60. The molecule has 1 aliphatic carbocycles. The molecule has 2 fully saturated rings. The van der Waals surface area contributed by atoms with Crippen LogP contribution >= 0.6 is 11.8 Å². The maximum Gasteiger partial charge on any atom is 0.193 e. The Bertz CT molecular complexity index is 547. The van der Waals surface area contributed by atoms with Crippen molar-refractivity contribution < 1.29 is 0 Å². The molecule has 3 nitrogen and oxygen atoms in total. The maximum atomic E-state index is 6.02. The molecule has 0 aromatic heterocycles. The van der Waals surface area contributed by atoms with Crippen LogP contribution in [0.3, 0.4) is 0 Å². The van der Waals surface area contributed by atoms with E-state index in [4.69, 9.17) is 5.73 Å². The van der Waals surface area contributed by atoms with E-state index in [0.29, 0.717) is 11.4 Å². The highest BCUT2D eigenvalue weighted by Gasteiger charge is 2.53. The number of guanidine groups is 1. The molecule has 1 atom stereocenters. The van der Waals surface area contributed by atoms with Gasteiger partial charge in [-0.1, -0.05) is 6.07 Å². The minimum absolute atomic E-state index is 0.547. The molecule has 1 aliphatic heterocycles. The van der Waals surface area contributed by atoms with Crippen LogP contribution in [0.15, 0.2) is 23.2 Å². The number of thioether (sulfide) groups is 1. The van der Waals surface area contributed by atoms with E-state index < -0.39 is 0 Å². The molecule has 0 amide bonds. The van der Waals surface area contributed by atoms with Gasteiger partial charge < -0.3 is 11.1 Å². The Kier molecular flexibility index (Phi) is 4.16. The molecule has 114 valence electrons. The molecule has 3 N–H and O–H groups in total. The van der Waals surface area contributed by atoms with E-state index in [1.165, 1.54) is 41.9 Å². The number of anilines is 1. The van der Waals surface area contributed by atoms with Crippen molar-refractivity contribution in [1.29, 1.82) is 0 Å². The Morgan fingerprint density at radius 1 is 1.33 bits per heavy atom. The van der Waals surface area contributed by atoms with Gasteiger partial charge in [0.15, 0.2) is 5.96 Å². The third-order valence-corrected chi connectivity index (χ3v) is 6.09. The van der Waals surface area contributed by atoms with Crippen molar-refractivity contribution in [2.24, 2.45) is 22.1 Å². The van der Waals surface area contributed by atoms with Crippen molar-refractivity contribution in [2.75, 3.05) is 23.4 Å². The van der Waals surface area contributed by atoms with Crippen LogP contribution in [-0.4, -0.2) is 24.0 Å². The summed E-state index contributed by atoms with van der Waals surface area (Å²) < 4.78 is 0. The summed E-state index contributed by atoms with van der Waals surface area (Å²) in [6.45, 7) is 5.11. The van der Waals surface area contributed by atoms with Crippen LogP contribution in [0.1, 0.15) is 30.4 Å². The number of hydrogen-bond donors (Lipinski definition) is 2. The van der Waals surface area contributed by atoms with Gasteiger partial charge >= 0.3 is 0 Å². The van der Waals surface area contributed by atoms with Crippen LogP contribution in [0.25, 0.3) is 0 Å². The SMILES string of the molecule is Cc1ccc(NC(N)=NCC2CC23CCSCC3)cc1C. The second kappa shape index (κ2) is 5.91. The molecule has 0 radical (unpaired) electrons. The molecule has 1 unspecified atom stereocenters. The first-order valence-corrected chi connectivity index (χ1v) is 8.96. The molecule has 21 heavy (non-hydrogen) atoms. The van der Waals surface area contributed by atoms with Crippen molar-refractivity contribution in [3.63, 3.8) is 0 Å². The summed E-state index contributed by atoms with van der Waals surface area (Å²) in [5, 5.41) is 3.21. The van der Waals surface area contributed by atoms with Gasteiger partial charge in [-0.3, -0.25) is 4.99 Å². The fraction of sp³-hybridized carbons (Fsp3) is 0.588. The molecule has 1 heterocycles. The van der Waals surface area contributed by atoms with Gasteiger partial charge in [0.25, 0.3) is 0 Å². The topological polar surface area (TPSA) is 50.4 Å². The van der Waals surface area contributed by atoms with Crippen LogP contribution < -0.4 is 11.1 Å². The fourth-order valence-electron chi connectivity index (χ4n) is 3.30. The monoisotopic (exact) mass is 303 g/mol. The average Bonchev–Trinajstić information content (AvgIpc) is 3.13. The highest BCUT2D eigenvalue weighted by molar-refractivity contribution is 7.99. The number of rotatable bonds is 3. The molecular formula is C17H25N3S. The van der Waals surface area contributed by atoms with Crippen molar-refractivity contribution in [3.05, 3.63) is 29.3 Å². The number of nitrogens with two attached hydrogens (primary N) is 1. The molecule has 1 saturated heterocycles. The lowest BCUT2D eigenvalue weighted by Gasteiger charge is -2.21. The number of benzene rings is 1. The molecule has 2 aliphatic rings. The predicted molar refractivity (Wildman–Crippen MR) is 93.1 cm³/mol. The van der Waals surface area contributed by atoms with Gasteiger partial charge in [-0.25, -0.2) is 0 Å². The molecule has 1 aromatic rings. The average molecular weight is 303 g/mol. The van der Waals surface area contributed by atoms with E-state index in [1.54, 1.807) is 0 Å². The van der Waals surface area contributed by atoms with Gasteiger partial charge in [0.2, 0.25) is 0 Å². The maximum absolute atomic E-state index is 6.02. The number of aryl methyl sites for hydroxylation is 2. The number of nitrogens with zero attached hydrogens (tertiary/aromatic N) is 1. The zero-order chi connectivity index (χ0) is 14.9. The molecule has 3 rings (SSSR count). The third-order valence-electron chi connectivity index (χ3n) is 5.11. The van der Waals surface area contributed by atoms with Gasteiger partial charge in [0.1, 0.15) is 0 Å². The van der Waals surface area contributed by atoms with E-state index in [9.17, 15) is 0 Å². The lowest BCUT2D eigenvalue weighted by molar-refractivity contribution is 0.422. The minimum Gasteiger partial charge on any atom is -0.370 e. The second-order valence-electron chi connectivity index (χ2n) is 6.53. The van der Waals surface area contributed by atoms with Crippen LogP contribution in [-0.2, 0) is 0 Å². The van der Waals surface area contributed by atoms with Gasteiger partial charge in [-0.2, -0.15) is 11.8 Å². The zero-order valence-corrected chi connectivity index (χ0v) is 13.8. The normalized spacial score (nSPS) is 24.1. The first kappa shape index (κ1) is 14.8. The molecular weight excluding hydrogens is 278 g/mol. The van der Waals surface area contributed by atoms with Crippen molar-refractivity contribution in [1.82, 2.24) is 0 Å². The summed E-state index contributed by atoms with van der Waals surface area (Å²) in [6, 6.07) is 6.29. The number of nitrogens with one attached hydrogen (secondary N) is 1. The van der Waals surface area contributed by atoms with E-state index >= 15 is 0 Å². The van der Waals surface area contributed by atoms with E-state index in [1.807, 2.05) is 0 Å². The highest BCUT2D eigenvalue weighted by atomic mass is 32.2. The van der Waals surface area contributed by atoms with Crippen molar-refractivity contribution in [3.8, 4) is 0 Å². The first-order valence-electron chi connectivity index (χ1n) is 7.81. The molecule has 1 saturated carbocycles. The Hall–Kier alpha value is -1.16. The molecule has 1 spiro atoms. The lowest BCUT2D eigenvalue weighted by Crippen LogP contribution is -2.23. The molecule has 0 bridgehead atoms. The van der Waals surface area contributed by atoms with Gasteiger partial charge in [0, 0.05) is 12.2 Å². The third kappa shape index (κ3) is 3.37. The summed E-state index contributed by atoms with van der Waals surface area (Å²) in [6.07, 6.45) is 4.11. The predicted octanol–water partition coefficient (Wildman–Crippen LogP) is 3.56. The van der Waals surface area contributed by atoms with E-state index in [0.717, 1.165) is 18.2 Å². The van der Waals surface area contributed by atoms with Crippen LogP contribution in [0.4, 0.5) is 5.69 Å². The standard InChI is InChI=1S/C17H25N3S/c1-12-3-4-15(9-13(12)2)20-16(18)19-11-14-10-17(14)5-7-21-8-6-17/h3-4,9,14H,5-8,10-11H2,1-2H3,(H3,18,19,20). The number of aliphatic imine (C=N–C) groups is 1. The van der Waals surface area contributed by atoms with Gasteiger partial charge in [0.05, 0.1) is 0 Å². The summed E-state index contributed by atoms with van der Waals surface area (Å²) in [5.41, 5.74) is 10.2. The smallest absolute Gasteiger partial charge is 0.193 e. The Morgan fingerprint density at radius 3 is 2.81 bits per heavy atom. The molecule has 1 aromatic carbocycles. The minimum atomic E-state index is 0.547. The summed E-state index contributed by atoms with van der Waals surface area (Å²) in [5.74, 6) is 3.97. The van der Waals surface area contributed by atoms with Crippen molar-refractivity contribution in [2.45, 2.75) is 33.1 Å². The van der Waals surface area contributed by atoms with Gasteiger partial charge in [-0.15, -0.1) is 0 Å². The van der Waals surface area contributed by atoms with Crippen molar-refractivity contribution >= 4 is 23.4 Å². The summed E-state index contributed by atoms with van der Waals surface area (Å²) in [4.78, 5) is 4.56. The van der Waals surface area contributed by atoms with Crippen LogP contribution in [0.5, 0.6) is 0 Å².